The zero-order valence-electron chi connectivity index (χ0n) is 18.1. The van der Waals surface area contributed by atoms with Crippen molar-refractivity contribution in [2.45, 2.75) is 19.8 Å². The summed E-state index contributed by atoms with van der Waals surface area (Å²) in [5, 5.41) is 13.0. The molecule has 3 aromatic carbocycles. The van der Waals surface area contributed by atoms with Crippen molar-refractivity contribution < 1.29 is 9.59 Å². The van der Waals surface area contributed by atoms with Crippen LogP contribution >= 0.6 is 0 Å². The summed E-state index contributed by atoms with van der Waals surface area (Å²) in [6, 6.07) is 20.9. The summed E-state index contributed by atoms with van der Waals surface area (Å²) in [7, 11) is 1.77. The molecular formula is C26H24N3O3-. The lowest BCUT2D eigenvalue weighted by molar-refractivity contribution is 0.0984. The molecule has 2 amide bonds. The van der Waals surface area contributed by atoms with Crippen LogP contribution in [0, 0.1) is 12.1 Å². The Morgan fingerprint density at radius 1 is 0.969 bits per heavy atom. The minimum Gasteiger partial charge on any atom is -0.751 e. The Labute approximate surface area is 187 Å². The molecule has 0 atom stereocenters. The van der Waals surface area contributed by atoms with Crippen LogP contribution in [0.15, 0.2) is 77.8 Å². The number of amides is 2. The van der Waals surface area contributed by atoms with Crippen LogP contribution in [-0.2, 0) is 0 Å². The quantitative estimate of drug-likeness (QED) is 0.553. The summed E-state index contributed by atoms with van der Waals surface area (Å²) in [4.78, 5) is 32.1. The Balaban J connectivity index is 1.58. The highest BCUT2D eigenvalue weighted by molar-refractivity contribution is 6.13. The minimum absolute atomic E-state index is 0.149. The summed E-state index contributed by atoms with van der Waals surface area (Å²) in [6.07, 6.45) is 1.62. The number of hydroxylamine groups is 1. The monoisotopic (exact) mass is 426 g/mol. The van der Waals surface area contributed by atoms with E-state index in [1.165, 1.54) is 12.1 Å². The van der Waals surface area contributed by atoms with Crippen LogP contribution in [0.25, 0.3) is 0 Å². The molecule has 0 N–H and O–H groups in total. The van der Waals surface area contributed by atoms with Crippen LogP contribution < -0.4 is 9.96 Å². The fourth-order valence-corrected chi connectivity index (χ4v) is 3.99. The summed E-state index contributed by atoms with van der Waals surface area (Å²) < 4.78 is 0. The van der Waals surface area contributed by atoms with E-state index in [1.54, 1.807) is 49.2 Å². The average molecular weight is 426 g/mol. The van der Waals surface area contributed by atoms with Crippen LogP contribution in [0.5, 0.6) is 0 Å². The molecule has 0 spiro atoms. The molecule has 1 heterocycles. The summed E-state index contributed by atoms with van der Waals surface area (Å²) in [5.41, 5.74) is 4.52. The molecule has 1 aliphatic rings. The predicted molar refractivity (Wildman–Crippen MR) is 128 cm³/mol. The number of hydrogen-bond donors (Lipinski definition) is 0. The van der Waals surface area contributed by atoms with Gasteiger partial charge in [0, 0.05) is 41.7 Å². The molecule has 0 unspecified atom stereocenters. The lowest BCUT2D eigenvalue weighted by Gasteiger charge is -2.29. The maximum Gasteiger partial charge on any atom is 0.258 e. The van der Waals surface area contributed by atoms with Crippen molar-refractivity contribution in [2.24, 2.45) is 4.99 Å². The van der Waals surface area contributed by atoms with E-state index in [1.807, 2.05) is 30.3 Å². The minimum atomic E-state index is -0.630. The number of carbonyl (C=O) groups is 2. The van der Waals surface area contributed by atoms with Gasteiger partial charge in [-0.15, -0.1) is 0 Å². The van der Waals surface area contributed by atoms with Crippen LogP contribution in [0.3, 0.4) is 0 Å². The van der Waals surface area contributed by atoms with Crippen molar-refractivity contribution in [1.29, 1.82) is 0 Å². The van der Waals surface area contributed by atoms with E-state index < -0.39 is 5.91 Å². The van der Waals surface area contributed by atoms with Gasteiger partial charge in [0.1, 0.15) is 0 Å². The van der Waals surface area contributed by atoms with Gasteiger partial charge in [0.15, 0.2) is 0 Å². The molecule has 0 bridgehead atoms. The largest absolute Gasteiger partial charge is 0.751 e. The van der Waals surface area contributed by atoms with Gasteiger partial charge >= 0.3 is 0 Å². The third-order valence-electron chi connectivity index (χ3n) is 5.72. The third kappa shape index (κ3) is 4.05. The Kier molecular flexibility index (Phi) is 6.14. The number of nitrogens with zero attached hydrogens (tertiary/aromatic N) is 3. The van der Waals surface area contributed by atoms with E-state index in [-0.39, 0.29) is 11.6 Å². The maximum absolute atomic E-state index is 13.3. The van der Waals surface area contributed by atoms with Crippen LogP contribution in [-0.4, -0.2) is 31.1 Å². The summed E-state index contributed by atoms with van der Waals surface area (Å²) in [5.74, 6) is -0.779. The molecule has 3 aromatic rings. The third-order valence-corrected chi connectivity index (χ3v) is 5.72. The molecule has 4 rings (SSSR count). The Hall–Kier alpha value is -3.77. The summed E-state index contributed by atoms with van der Waals surface area (Å²) >= 11 is 0. The van der Waals surface area contributed by atoms with E-state index in [4.69, 9.17) is 0 Å². The standard InChI is InChI=1S/C26H24N3O3/c1-18-8-3-4-9-21(18)26(31)29(32)20-15-13-19(14-16-20)25(30)28-17-7-11-23(27-2)22-10-5-6-12-24(22)28/h3-6,8-10,12-16H,7,11,17H2,1-2H3/q-1. The van der Waals surface area contributed by atoms with Gasteiger partial charge in [-0.2, -0.15) is 0 Å². The first-order valence-corrected chi connectivity index (χ1v) is 10.6. The van der Waals surface area contributed by atoms with E-state index in [9.17, 15) is 14.8 Å². The van der Waals surface area contributed by atoms with Gasteiger partial charge in [0.25, 0.3) is 5.91 Å². The van der Waals surface area contributed by atoms with Gasteiger partial charge in [-0.05, 0) is 61.7 Å². The smallest absolute Gasteiger partial charge is 0.258 e. The zero-order valence-corrected chi connectivity index (χ0v) is 18.1. The molecule has 6 heteroatoms. The molecule has 6 nitrogen and oxygen atoms in total. The van der Waals surface area contributed by atoms with Crippen molar-refractivity contribution in [3.8, 4) is 0 Å². The van der Waals surface area contributed by atoms with Gasteiger partial charge in [-0.3, -0.25) is 14.6 Å². The molecule has 0 fully saturated rings. The highest BCUT2D eigenvalue weighted by atomic mass is 16.5. The second-order valence-electron chi connectivity index (χ2n) is 7.71. The van der Waals surface area contributed by atoms with Gasteiger partial charge in [-0.25, -0.2) is 0 Å². The number of fused-ring (bicyclic) bond motifs is 1. The van der Waals surface area contributed by atoms with Crippen LogP contribution in [0.2, 0.25) is 0 Å². The SMILES string of the molecule is CN=C1CCCN(C(=O)c2ccc(N([O-])C(=O)c3ccccc3C)cc2)c2ccccc21. The number of carbonyl (C=O) groups excluding carboxylic acids is 2. The van der Waals surface area contributed by atoms with Crippen LogP contribution in [0.4, 0.5) is 11.4 Å². The fourth-order valence-electron chi connectivity index (χ4n) is 3.99. The molecule has 0 saturated heterocycles. The average Bonchev–Trinajstić information content (AvgIpc) is 3.02. The Bertz CT molecular complexity index is 1180. The van der Waals surface area contributed by atoms with Crippen molar-refractivity contribution in [3.05, 3.63) is 100 Å². The summed E-state index contributed by atoms with van der Waals surface area (Å²) in [6.45, 7) is 2.37. The van der Waals surface area contributed by atoms with Crippen molar-refractivity contribution >= 4 is 28.9 Å². The molecule has 0 aromatic heterocycles. The molecule has 162 valence electrons. The van der Waals surface area contributed by atoms with E-state index in [2.05, 4.69) is 4.99 Å². The Morgan fingerprint density at radius 3 is 2.38 bits per heavy atom. The number of aliphatic imine (C=N–C) groups is 1. The van der Waals surface area contributed by atoms with Crippen molar-refractivity contribution in [3.63, 3.8) is 0 Å². The first kappa shape index (κ1) is 21.5. The molecule has 32 heavy (non-hydrogen) atoms. The number of benzene rings is 3. The second kappa shape index (κ2) is 9.16. The number of rotatable bonds is 3. The number of hydrogen-bond acceptors (Lipinski definition) is 4. The molecule has 0 saturated carbocycles. The molecule has 0 aliphatic carbocycles. The zero-order chi connectivity index (χ0) is 22.7. The lowest BCUT2D eigenvalue weighted by Crippen LogP contribution is -2.32. The molecule has 0 radical (unpaired) electrons. The van der Waals surface area contributed by atoms with Gasteiger partial charge < -0.3 is 15.2 Å². The van der Waals surface area contributed by atoms with E-state index in [0.29, 0.717) is 22.7 Å². The van der Waals surface area contributed by atoms with Gasteiger partial charge in [0.05, 0.1) is 5.69 Å². The highest BCUT2D eigenvalue weighted by Gasteiger charge is 2.24. The van der Waals surface area contributed by atoms with Gasteiger partial charge in [0.2, 0.25) is 5.91 Å². The highest BCUT2D eigenvalue weighted by Crippen LogP contribution is 2.28. The molecular weight excluding hydrogens is 402 g/mol. The van der Waals surface area contributed by atoms with E-state index in [0.717, 1.165) is 35.4 Å². The number of aryl methyl sites for hydroxylation is 1. The maximum atomic E-state index is 13.3. The first-order valence-electron chi connectivity index (χ1n) is 10.6. The number of anilines is 2. The van der Waals surface area contributed by atoms with Crippen molar-refractivity contribution in [2.75, 3.05) is 23.6 Å². The normalized spacial score (nSPS) is 14.6. The molecule has 1 aliphatic heterocycles. The van der Waals surface area contributed by atoms with Crippen LogP contribution in [0.1, 0.15) is 44.7 Å². The topological polar surface area (TPSA) is 76.0 Å². The lowest BCUT2D eigenvalue weighted by atomic mass is 10.0. The first-order chi connectivity index (χ1) is 15.5. The fraction of sp³-hybridized carbons (Fsp3) is 0.192. The second-order valence-corrected chi connectivity index (χ2v) is 7.71. The number of para-hydroxylation sites is 1. The Morgan fingerprint density at radius 2 is 1.66 bits per heavy atom. The van der Waals surface area contributed by atoms with E-state index >= 15 is 0 Å². The van der Waals surface area contributed by atoms with Gasteiger partial charge in [-0.1, -0.05) is 36.4 Å². The van der Waals surface area contributed by atoms with Crippen molar-refractivity contribution in [1.82, 2.24) is 0 Å². The predicted octanol–water partition coefficient (Wildman–Crippen LogP) is 5.00.